The van der Waals surface area contributed by atoms with Crippen molar-refractivity contribution in [2.75, 3.05) is 0 Å². The minimum Gasteiger partial charge on any atom is -0.355 e. The lowest BCUT2D eigenvalue weighted by Crippen LogP contribution is -2.42. The number of hydrogen-bond donors (Lipinski definition) is 0. The molecule has 4 aromatic rings. The average molecular weight is 382 g/mol. The van der Waals surface area contributed by atoms with Gasteiger partial charge in [0.1, 0.15) is 11.8 Å². The molecule has 0 N–H and O–H groups in total. The van der Waals surface area contributed by atoms with E-state index in [0.29, 0.717) is 11.3 Å². The van der Waals surface area contributed by atoms with Crippen molar-refractivity contribution in [1.82, 2.24) is 20.0 Å². The summed E-state index contributed by atoms with van der Waals surface area (Å²) >= 11 is 0. The van der Waals surface area contributed by atoms with Crippen LogP contribution < -0.4 is 0 Å². The highest BCUT2D eigenvalue weighted by molar-refractivity contribution is 6.01. The van der Waals surface area contributed by atoms with Crippen molar-refractivity contribution in [2.24, 2.45) is 0 Å². The molecule has 2 bridgehead atoms. The number of fused-ring (bicyclic) bond motifs is 5. The Labute approximate surface area is 167 Å². The molecule has 142 valence electrons. The highest BCUT2D eigenvalue weighted by atomic mass is 16.5. The van der Waals surface area contributed by atoms with Gasteiger partial charge in [-0.25, -0.2) is 9.97 Å². The third kappa shape index (κ3) is 2.49. The third-order valence-corrected chi connectivity index (χ3v) is 6.11. The maximum absolute atomic E-state index is 13.5. The highest BCUT2D eigenvalue weighted by Gasteiger charge is 2.43. The molecule has 6 nitrogen and oxygen atoms in total. The lowest BCUT2D eigenvalue weighted by molar-refractivity contribution is 0.0644. The summed E-state index contributed by atoms with van der Waals surface area (Å²) in [6, 6.07) is 15.7. The van der Waals surface area contributed by atoms with E-state index in [0.717, 1.165) is 47.0 Å². The summed E-state index contributed by atoms with van der Waals surface area (Å²) in [4.78, 5) is 24.2. The van der Waals surface area contributed by atoms with Gasteiger partial charge in [-0.05, 0) is 31.0 Å². The summed E-state index contributed by atoms with van der Waals surface area (Å²) < 4.78 is 5.59. The number of amides is 1. The molecule has 1 saturated heterocycles. The van der Waals surface area contributed by atoms with Gasteiger partial charge in [0.05, 0.1) is 17.1 Å². The van der Waals surface area contributed by atoms with Gasteiger partial charge < -0.3 is 9.42 Å². The Morgan fingerprint density at radius 2 is 2.00 bits per heavy atom. The molecule has 0 saturated carbocycles. The van der Waals surface area contributed by atoms with Gasteiger partial charge >= 0.3 is 0 Å². The van der Waals surface area contributed by atoms with E-state index in [9.17, 15) is 4.79 Å². The molecule has 2 aliphatic heterocycles. The van der Waals surface area contributed by atoms with Crippen molar-refractivity contribution in [3.63, 3.8) is 0 Å². The van der Waals surface area contributed by atoms with Gasteiger partial charge in [0.2, 0.25) is 0 Å². The van der Waals surface area contributed by atoms with E-state index < -0.39 is 0 Å². The Bertz CT molecular complexity index is 1230. The number of aromatic nitrogens is 3. The first-order valence-electron chi connectivity index (χ1n) is 9.86. The quantitative estimate of drug-likeness (QED) is 0.520. The van der Waals surface area contributed by atoms with Gasteiger partial charge in [0.15, 0.2) is 5.76 Å². The van der Waals surface area contributed by atoms with Crippen molar-refractivity contribution in [1.29, 1.82) is 0 Å². The predicted octanol–water partition coefficient (Wildman–Crippen LogP) is 4.19. The summed E-state index contributed by atoms with van der Waals surface area (Å²) in [5.74, 6) is 0.740. The van der Waals surface area contributed by atoms with Crippen LogP contribution in [0.3, 0.4) is 0 Å². The predicted molar refractivity (Wildman–Crippen MR) is 107 cm³/mol. The Kier molecular flexibility index (Phi) is 3.53. The SMILES string of the molecule is O=C(c1ccc2noc(-c3ccccc3)c2c1)N1C2CCC1c1cncnc1C2. The molecule has 2 unspecified atom stereocenters. The molecular weight excluding hydrogens is 364 g/mol. The minimum absolute atomic E-state index is 0.0501. The van der Waals surface area contributed by atoms with Crippen LogP contribution in [0, 0.1) is 0 Å². The van der Waals surface area contributed by atoms with Crippen LogP contribution in [0.15, 0.2) is 65.6 Å². The fourth-order valence-electron chi connectivity index (χ4n) is 4.76. The van der Waals surface area contributed by atoms with Crippen molar-refractivity contribution in [2.45, 2.75) is 31.3 Å². The average Bonchev–Trinajstić information content (AvgIpc) is 3.33. The topological polar surface area (TPSA) is 72.1 Å². The number of rotatable bonds is 2. The van der Waals surface area contributed by atoms with Crippen LogP contribution in [0.4, 0.5) is 0 Å². The van der Waals surface area contributed by atoms with Crippen molar-refractivity contribution in [3.05, 3.63) is 77.9 Å². The first-order valence-corrected chi connectivity index (χ1v) is 9.86. The van der Waals surface area contributed by atoms with Crippen LogP contribution in [-0.4, -0.2) is 32.0 Å². The standard InChI is InChI=1S/C23H18N4O2/c28-23(27-16-7-9-21(27)18-12-24-13-25-20(18)11-16)15-6-8-19-17(10-15)22(29-26-19)14-4-2-1-3-5-14/h1-6,8,10,12-13,16,21H,7,9,11H2. The van der Waals surface area contributed by atoms with E-state index in [4.69, 9.17) is 4.52 Å². The molecule has 4 heterocycles. The zero-order valence-electron chi connectivity index (χ0n) is 15.7. The lowest BCUT2D eigenvalue weighted by atomic mass is 9.97. The molecule has 6 rings (SSSR count). The zero-order chi connectivity index (χ0) is 19.4. The van der Waals surface area contributed by atoms with Crippen LogP contribution in [0.1, 0.15) is 40.5 Å². The zero-order valence-corrected chi connectivity index (χ0v) is 15.7. The van der Waals surface area contributed by atoms with Gasteiger partial charge in [-0.1, -0.05) is 35.5 Å². The number of nitrogens with zero attached hydrogens (tertiary/aromatic N) is 4. The van der Waals surface area contributed by atoms with Crippen LogP contribution in [-0.2, 0) is 6.42 Å². The molecule has 0 radical (unpaired) electrons. The lowest BCUT2D eigenvalue weighted by Gasteiger charge is -2.35. The maximum atomic E-state index is 13.5. The Morgan fingerprint density at radius 3 is 2.90 bits per heavy atom. The molecule has 2 aliphatic rings. The summed E-state index contributed by atoms with van der Waals surface area (Å²) in [5, 5.41) is 5.02. The van der Waals surface area contributed by atoms with E-state index in [2.05, 4.69) is 15.1 Å². The fourth-order valence-corrected chi connectivity index (χ4v) is 4.76. The van der Waals surface area contributed by atoms with Crippen LogP contribution in [0.5, 0.6) is 0 Å². The Morgan fingerprint density at radius 1 is 1.10 bits per heavy atom. The van der Waals surface area contributed by atoms with E-state index >= 15 is 0 Å². The number of hydrogen-bond acceptors (Lipinski definition) is 5. The molecule has 0 aliphatic carbocycles. The molecule has 2 aromatic heterocycles. The van der Waals surface area contributed by atoms with Gasteiger partial charge in [-0.2, -0.15) is 0 Å². The molecule has 2 atom stereocenters. The van der Waals surface area contributed by atoms with Crippen molar-refractivity contribution < 1.29 is 9.32 Å². The van der Waals surface area contributed by atoms with E-state index in [1.165, 1.54) is 0 Å². The van der Waals surface area contributed by atoms with E-state index in [1.54, 1.807) is 6.33 Å². The van der Waals surface area contributed by atoms with Gasteiger partial charge in [-0.3, -0.25) is 4.79 Å². The van der Waals surface area contributed by atoms with E-state index in [1.807, 2.05) is 59.6 Å². The molecule has 29 heavy (non-hydrogen) atoms. The van der Waals surface area contributed by atoms with Crippen LogP contribution in [0.2, 0.25) is 0 Å². The minimum atomic E-state index is 0.0501. The molecular formula is C23H18N4O2. The molecule has 0 spiro atoms. The van der Waals surface area contributed by atoms with Crippen molar-refractivity contribution in [3.8, 4) is 11.3 Å². The maximum Gasteiger partial charge on any atom is 0.254 e. The first kappa shape index (κ1) is 16.4. The second-order valence-electron chi connectivity index (χ2n) is 7.70. The molecule has 2 aromatic carbocycles. The first-order chi connectivity index (χ1) is 14.3. The summed E-state index contributed by atoms with van der Waals surface area (Å²) in [7, 11) is 0. The number of benzene rings is 2. The summed E-state index contributed by atoms with van der Waals surface area (Å²) in [5.41, 5.74) is 4.53. The smallest absolute Gasteiger partial charge is 0.254 e. The van der Waals surface area contributed by atoms with Crippen molar-refractivity contribution >= 4 is 16.8 Å². The number of carbonyl (C=O) groups is 1. The molecule has 6 heteroatoms. The van der Waals surface area contributed by atoms with Gasteiger partial charge in [0, 0.05) is 35.3 Å². The molecule has 1 fully saturated rings. The largest absolute Gasteiger partial charge is 0.355 e. The second kappa shape index (κ2) is 6.24. The highest BCUT2D eigenvalue weighted by Crippen LogP contribution is 2.43. The second-order valence-corrected chi connectivity index (χ2v) is 7.70. The Hall–Kier alpha value is -3.54. The van der Waals surface area contributed by atoms with Gasteiger partial charge in [-0.15, -0.1) is 0 Å². The fraction of sp³-hybridized carbons (Fsp3) is 0.217. The van der Waals surface area contributed by atoms with Gasteiger partial charge in [0.25, 0.3) is 5.91 Å². The third-order valence-electron chi connectivity index (χ3n) is 6.11. The summed E-state index contributed by atoms with van der Waals surface area (Å²) in [6.45, 7) is 0. The Balaban J connectivity index is 1.41. The van der Waals surface area contributed by atoms with Crippen LogP contribution in [0.25, 0.3) is 22.2 Å². The summed E-state index contributed by atoms with van der Waals surface area (Å²) in [6.07, 6.45) is 6.22. The normalized spacial score (nSPS) is 20.1. The van der Waals surface area contributed by atoms with E-state index in [-0.39, 0.29) is 18.0 Å². The number of carbonyl (C=O) groups excluding carboxylic acids is 1. The monoisotopic (exact) mass is 382 g/mol. The molecule has 1 amide bonds. The van der Waals surface area contributed by atoms with Crippen LogP contribution >= 0.6 is 0 Å².